The van der Waals surface area contributed by atoms with Gasteiger partial charge in [0.1, 0.15) is 5.75 Å². The van der Waals surface area contributed by atoms with E-state index < -0.39 is 0 Å². The molecule has 1 nitrogen and oxygen atoms in total. The topological polar surface area (TPSA) is 9.23 Å². The molecule has 0 saturated heterocycles. The van der Waals surface area contributed by atoms with Crippen LogP contribution in [0.25, 0.3) is 0 Å². The quantitative estimate of drug-likeness (QED) is 0.701. The van der Waals surface area contributed by atoms with Crippen molar-refractivity contribution in [3.8, 4) is 5.75 Å². The highest BCUT2D eigenvalue weighted by Gasteiger charge is 2.01. The summed E-state index contributed by atoms with van der Waals surface area (Å²) in [7, 11) is 1.66. The van der Waals surface area contributed by atoms with E-state index in [0.29, 0.717) is 0 Å². The summed E-state index contributed by atoms with van der Waals surface area (Å²) < 4.78 is 7.39. The molecule has 3 heteroatoms. The maximum atomic E-state index is 5.06. The molecule has 0 aliphatic heterocycles. The molecule has 0 amide bonds. The highest BCUT2D eigenvalue weighted by Crippen LogP contribution is 2.24. The standard InChI is InChI=1S/C7H5I2O/c1-10-6-4-2-3-5(8)7(6)9/h2-3H,1H3. The highest BCUT2D eigenvalue weighted by molar-refractivity contribution is 14.1. The first-order valence-corrected chi connectivity index (χ1v) is 4.81. The summed E-state index contributed by atoms with van der Waals surface area (Å²) in [5.74, 6) is 0.826. The van der Waals surface area contributed by atoms with Gasteiger partial charge in [-0.3, -0.25) is 0 Å². The average molecular weight is 359 g/mol. The van der Waals surface area contributed by atoms with E-state index in [1.165, 1.54) is 3.57 Å². The lowest BCUT2D eigenvalue weighted by molar-refractivity contribution is 0.410. The van der Waals surface area contributed by atoms with E-state index in [0.717, 1.165) is 9.32 Å². The van der Waals surface area contributed by atoms with Crippen LogP contribution in [0.2, 0.25) is 0 Å². The summed E-state index contributed by atoms with van der Waals surface area (Å²) >= 11 is 4.51. The predicted octanol–water partition coefficient (Wildman–Crippen LogP) is 2.70. The van der Waals surface area contributed by atoms with Gasteiger partial charge in [-0.15, -0.1) is 0 Å². The largest absolute Gasteiger partial charge is 0.495 e. The van der Waals surface area contributed by atoms with E-state index in [1.807, 2.05) is 12.1 Å². The lowest BCUT2D eigenvalue weighted by Crippen LogP contribution is -1.88. The summed E-state index contributed by atoms with van der Waals surface area (Å²) in [4.78, 5) is 0. The smallest absolute Gasteiger partial charge is 0.141 e. The van der Waals surface area contributed by atoms with Gasteiger partial charge in [-0.25, -0.2) is 0 Å². The zero-order chi connectivity index (χ0) is 7.56. The van der Waals surface area contributed by atoms with Gasteiger partial charge in [0.2, 0.25) is 0 Å². The van der Waals surface area contributed by atoms with Gasteiger partial charge in [-0.05, 0) is 57.3 Å². The van der Waals surface area contributed by atoms with Crippen LogP contribution < -0.4 is 4.74 Å². The van der Waals surface area contributed by atoms with Crippen molar-refractivity contribution in [2.45, 2.75) is 0 Å². The third-order valence-electron chi connectivity index (χ3n) is 1.06. The summed E-state index contributed by atoms with van der Waals surface area (Å²) in [6.07, 6.45) is 0. The molecular weight excluding hydrogens is 354 g/mol. The Hall–Kier alpha value is 0.480. The molecule has 10 heavy (non-hydrogen) atoms. The van der Waals surface area contributed by atoms with Gasteiger partial charge in [-0.2, -0.15) is 0 Å². The van der Waals surface area contributed by atoms with Crippen LogP contribution in [0.4, 0.5) is 0 Å². The second kappa shape index (κ2) is 3.75. The van der Waals surface area contributed by atoms with Gasteiger partial charge in [0.05, 0.1) is 10.7 Å². The van der Waals surface area contributed by atoms with Crippen molar-refractivity contribution in [3.63, 3.8) is 0 Å². The van der Waals surface area contributed by atoms with Crippen molar-refractivity contribution in [1.82, 2.24) is 0 Å². The van der Waals surface area contributed by atoms with E-state index in [2.05, 4.69) is 51.2 Å². The van der Waals surface area contributed by atoms with Crippen LogP contribution in [-0.2, 0) is 0 Å². The minimum Gasteiger partial charge on any atom is -0.495 e. The fraction of sp³-hybridized carbons (Fsp3) is 0.143. The Morgan fingerprint density at radius 2 is 2.20 bits per heavy atom. The molecule has 0 bridgehead atoms. The van der Waals surface area contributed by atoms with Crippen molar-refractivity contribution in [2.24, 2.45) is 0 Å². The second-order valence-electron chi connectivity index (χ2n) is 1.67. The van der Waals surface area contributed by atoms with Crippen LogP contribution in [0.15, 0.2) is 12.1 Å². The number of benzene rings is 1. The van der Waals surface area contributed by atoms with Gasteiger partial charge in [0.25, 0.3) is 0 Å². The van der Waals surface area contributed by atoms with E-state index in [1.54, 1.807) is 7.11 Å². The maximum absolute atomic E-state index is 5.06. The zero-order valence-corrected chi connectivity index (χ0v) is 9.63. The van der Waals surface area contributed by atoms with E-state index >= 15 is 0 Å². The summed E-state index contributed by atoms with van der Waals surface area (Å²) in [6.45, 7) is 0. The lowest BCUT2D eigenvalue weighted by atomic mass is 10.3. The Morgan fingerprint density at radius 1 is 1.50 bits per heavy atom. The molecule has 0 aromatic heterocycles. The Labute approximate surface area is 87.4 Å². The summed E-state index contributed by atoms with van der Waals surface area (Å²) in [5, 5.41) is 0. The first-order chi connectivity index (χ1) is 4.75. The van der Waals surface area contributed by atoms with E-state index in [4.69, 9.17) is 4.74 Å². The molecule has 0 aliphatic carbocycles. The Kier molecular flexibility index (Phi) is 3.22. The maximum Gasteiger partial charge on any atom is 0.141 e. The molecule has 0 atom stereocenters. The van der Waals surface area contributed by atoms with Crippen LogP contribution in [0.5, 0.6) is 5.75 Å². The van der Waals surface area contributed by atoms with E-state index in [-0.39, 0.29) is 0 Å². The molecule has 1 aromatic carbocycles. The second-order valence-corrected chi connectivity index (χ2v) is 3.91. The van der Waals surface area contributed by atoms with Crippen LogP contribution >= 0.6 is 45.2 Å². The monoisotopic (exact) mass is 359 g/mol. The van der Waals surface area contributed by atoms with Gasteiger partial charge in [0.15, 0.2) is 0 Å². The number of hydrogen-bond acceptors (Lipinski definition) is 1. The van der Waals surface area contributed by atoms with Crippen molar-refractivity contribution in [2.75, 3.05) is 7.11 Å². The van der Waals surface area contributed by atoms with Gasteiger partial charge < -0.3 is 4.74 Å². The minimum atomic E-state index is 0.826. The van der Waals surface area contributed by atoms with Crippen LogP contribution in [0.1, 0.15) is 0 Å². The number of halogens is 2. The molecule has 0 unspecified atom stereocenters. The molecule has 53 valence electrons. The molecule has 0 saturated carbocycles. The molecule has 1 aromatic rings. The normalized spacial score (nSPS) is 9.50. The first-order valence-electron chi connectivity index (χ1n) is 2.65. The van der Waals surface area contributed by atoms with Gasteiger partial charge in [-0.1, -0.05) is 0 Å². The molecule has 0 aliphatic rings. The number of rotatable bonds is 1. The van der Waals surface area contributed by atoms with Gasteiger partial charge >= 0.3 is 0 Å². The number of hydrogen-bond donors (Lipinski definition) is 0. The van der Waals surface area contributed by atoms with Crippen molar-refractivity contribution >= 4 is 45.2 Å². The zero-order valence-electron chi connectivity index (χ0n) is 5.32. The number of methoxy groups -OCH3 is 1. The van der Waals surface area contributed by atoms with Crippen LogP contribution in [0, 0.1) is 13.2 Å². The molecule has 1 radical (unpaired) electrons. The van der Waals surface area contributed by atoms with Crippen molar-refractivity contribution in [3.05, 3.63) is 25.3 Å². The Morgan fingerprint density at radius 3 is 2.70 bits per heavy atom. The fourth-order valence-corrected chi connectivity index (χ4v) is 1.56. The molecular formula is C7H5I2O. The third-order valence-corrected chi connectivity index (χ3v) is 4.06. The molecule has 0 N–H and O–H groups in total. The third kappa shape index (κ3) is 1.75. The number of ether oxygens (including phenoxy) is 1. The fourth-order valence-electron chi connectivity index (χ4n) is 0.584. The van der Waals surface area contributed by atoms with Gasteiger partial charge in [0, 0.05) is 9.64 Å². The van der Waals surface area contributed by atoms with Crippen LogP contribution in [-0.4, -0.2) is 7.11 Å². The molecule has 0 heterocycles. The average Bonchev–Trinajstić information content (AvgIpc) is 1.95. The Balaban J connectivity index is 3.14. The Bertz CT molecular complexity index is 235. The molecule has 0 spiro atoms. The van der Waals surface area contributed by atoms with Crippen molar-refractivity contribution in [1.29, 1.82) is 0 Å². The first kappa shape index (κ1) is 8.58. The van der Waals surface area contributed by atoms with E-state index in [9.17, 15) is 0 Å². The van der Waals surface area contributed by atoms with Crippen LogP contribution in [0.3, 0.4) is 0 Å². The highest BCUT2D eigenvalue weighted by atomic mass is 127. The molecule has 1 rings (SSSR count). The SMILES string of the molecule is COc1[c]ccc(I)c1I. The lowest BCUT2D eigenvalue weighted by Gasteiger charge is -2.02. The molecule has 0 fully saturated rings. The summed E-state index contributed by atoms with van der Waals surface area (Å²) in [5.41, 5.74) is 0. The predicted molar refractivity (Wildman–Crippen MR) is 57.3 cm³/mol. The summed E-state index contributed by atoms with van der Waals surface area (Å²) in [6, 6.07) is 6.86. The minimum absolute atomic E-state index is 0.826. The van der Waals surface area contributed by atoms with Crippen molar-refractivity contribution < 1.29 is 4.74 Å².